The van der Waals surface area contributed by atoms with Crippen LogP contribution in [0.1, 0.15) is 37.8 Å². The van der Waals surface area contributed by atoms with E-state index in [9.17, 15) is 0 Å². The van der Waals surface area contributed by atoms with Crippen LogP contribution in [0.4, 0.5) is 17.1 Å². The fraction of sp³-hybridized carbons (Fsp3) is 0.111. The quantitative estimate of drug-likeness (QED) is 0.185. The second-order valence-corrected chi connectivity index (χ2v) is 14.3. The zero-order valence-electron chi connectivity index (χ0n) is 26.7. The van der Waals surface area contributed by atoms with E-state index in [1.54, 1.807) is 5.57 Å². The van der Waals surface area contributed by atoms with Crippen molar-refractivity contribution in [2.45, 2.75) is 32.1 Å². The second-order valence-electron chi connectivity index (χ2n) is 13.3. The van der Waals surface area contributed by atoms with Gasteiger partial charge in [0.25, 0.3) is 0 Å². The van der Waals surface area contributed by atoms with Crippen molar-refractivity contribution in [2.75, 3.05) is 4.90 Å². The number of hydrogen-bond acceptors (Lipinski definition) is 2. The van der Waals surface area contributed by atoms with Crippen LogP contribution in [0, 0.1) is 0 Å². The van der Waals surface area contributed by atoms with E-state index >= 15 is 0 Å². The van der Waals surface area contributed by atoms with Crippen LogP contribution in [0.25, 0.3) is 48.0 Å². The van der Waals surface area contributed by atoms with E-state index in [-0.39, 0.29) is 5.41 Å². The minimum absolute atomic E-state index is 0.0149. The summed E-state index contributed by atoms with van der Waals surface area (Å²) in [5.74, 6) is 0. The molecule has 0 unspecified atom stereocenters. The molecule has 6 aromatic carbocycles. The smallest absolute Gasteiger partial charge is 0.0465 e. The molecule has 2 aliphatic rings. The van der Waals surface area contributed by atoms with E-state index in [0.717, 1.165) is 24.2 Å². The van der Waals surface area contributed by atoms with Gasteiger partial charge in [-0.3, -0.25) is 0 Å². The average molecular weight is 622 g/mol. The summed E-state index contributed by atoms with van der Waals surface area (Å²) in [6, 6.07) is 51.4. The minimum atomic E-state index is 0.0149. The molecule has 0 fully saturated rings. The predicted molar refractivity (Wildman–Crippen MR) is 203 cm³/mol. The van der Waals surface area contributed by atoms with Crippen LogP contribution in [-0.2, 0) is 5.41 Å². The summed E-state index contributed by atoms with van der Waals surface area (Å²) in [7, 11) is 0. The number of allylic oxidation sites excluding steroid dienone is 4. The summed E-state index contributed by atoms with van der Waals surface area (Å²) >= 11 is 1.89. The first kappa shape index (κ1) is 28.1. The summed E-state index contributed by atoms with van der Waals surface area (Å²) in [6.07, 6.45) is 6.95. The van der Waals surface area contributed by atoms with Gasteiger partial charge in [0.2, 0.25) is 0 Å². The molecule has 0 aliphatic heterocycles. The molecular formula is C45H35NS. The maximum absolute atomic E-state index is 2.44. The van der Waals surface area contributed by atoms with Crippen LogP contribution >= 0.6 is 11.3 Å². The van der Waals surface area contributed by atoms with Crippen molar-refractivity contribution in [3.63, 3.8) is 0 Å². The summed E-state index contributed by atoms with van der Waals surface area (Å²) in [4.78, 5) is 2.42. The number of hydrogen-bond donors (Lipinski definition) is 0. The normalized spacial score (nSPS) is 14.9. The lowest BCUT2D eigenvalue weighted by Crippen LogP contribution is -2.18. The first-order valence-electron chi connectivity index (χ1n) is 16.6. The number of rotatable bonds is 5. The van der Waals surface area contributed by atoms with E-state index in [1.807, 2.05) is 11.3 Å². The van der Waals surface area contributed by atoms with Crippen LogP contribution < -0.4 is 4.90 Å². The summed E-state index contributed by atoms with van der Waals surface area (Å²) in [6.45, 7) is 4.80. The standard InChI is InChI=1S/C45H35NS/c1-45(2)41-17-8-6-13-37(41)38-28-27-35(29-42(38)45)46(33-23-19-31(20-24-33)30-11-4-3-5-12-30)34-25-21-32(22-26-34)36-15-10-16-40-39-14-7-9-18-43(39)47-44(36)40/h3-7,9-16,18-29H,8,17H2,1-2H3. The molecule has 0 bridgehead atoms. The molecule has 0 radical (unpaired) electrons. The Balaban J connectivity index is 1.15. The zero-order chi connectivity index (χ0) is 31.5. The first-order valence-corrected chi connectivity index (χ1v) is 17.4. The molecule has 0 atom stereocenters. The molecule has 0 spiro atoms. The fourth-order valence-corrected chi connectivity index (χ4v) is 9.04. The van der Waals surface area contributed by atoms with Crippen molar-refractivity contribution in [1.29, 1.82) is 0 Å². The molecule has 0 N–H and O–H groups in total. The Morgan fingerprint density at radius 1 is 0.574 bits per heavy atom. The molecule has 0 saturated carbocycles. The van der Waals surface area contributed by atoms with Gasteiger partial charge in [-0.05, 0) is 94.3 Å². The molecule has 9 rings (SSSR count). The van der Waals surface area contributed by atoms with Crippen molar-refractivity contribution < 1.29 is 0 Å². The van der Waals surface area contributed by atoms with Gasteiger partial charge in [-0.25, -0.2) is 0 Å². The number of fused-ring (bicyclic) bond motifs is 5. The summed E-state index contributed by atoms with van der Waals surface area (Å²) in [5, 5.41) is 2.67. The van der Waals surface area contributed by atoms with E-state index in [1.165, 1.54) is 64.8 Å². The van der Waals surface area contributed by atoms with Gasteiger partial charge >= 0.3 is 0 Å². The molecule has 2 aliphatic carbocycles. The highest BCUT2D eigenvalue weighted by molar-refractivity contribution is 7.26. The highest BCUT2D eigenvalue weighted by atomic mass is 32.1. The molecular weight excluding hydrogens is 587 g/mol. The molecule has 0 saturated heterocycles. The predicted octanol–water partition coefficient (Wildman–Crippen LogP) is 13.3. The van der Waals surface area contributed by atoms with Crippen molar-refractivity contribution in [3.8, 4) is 22.3 Å². The summed E-state index contributed by atoms with van der Waals surface area (Å²) in [5.41, 5.74) is 14.3. The third-order valence-electron chi connectivity index (χ3n) is 10.2. The maximum Gasteiger partial charge on any atom is 0.0465 e. The van der Waals surface area contributed by atoms with Gasteiger partial charge in [-0.2, -0.15) is 0 Å². The van der Waals surface area contributed by atoms with Gasteiger partial charge in [0, 0.05) is 42.6 Å². The monoisotopic (exact) mass is 621 g/mol. The van der Waals surface area contributed by atoms with Gasteiger partial charge in [-0.15, -0.1) is 11.3 Å². The molecule has 1 nitrogen and oxygen atoms in total. The number of anilines is 3. The van der Waals surface area contributed by atoms with Crippen molar-refractivity contribution in [3.05, 3.63) is 168 Å². The van der Waals surface area contributed by atoms with Gasteiger partial charge in [0.05, 0.1) is 0 Å². The fourth-order valence-electron chi connectivity index (χ4n) is 7.80. The minimum Gasteiger partial charge on any atom is -0.310 e. The van der Waals surface area contributed by atoms with E-state index < -0.39 is 0 Å². The Bertz CT molecular complexity index is 2350. The second kappa shape index (κ2) is 11.0. The van der Waals surface area contributed by atoms with Gasteiger partial charge in [-0.1, -0.05) is 129 Å². The van der Waals surface area contributed by atoms with Gasteiger partial charge < -0.3 is 4.90 Å². The summed E-state index contributed by atoms with van der Waals surface area (Å²) < 4.78 is 2.68. The van der Waals surface area contributed by atoms with E-state index in [4.69, 9.17) is 0 Å². The molecule has 0 amide bonds. The van der Waals surface area contributed by atoms with Crippen LogP contribution in [0.15, 0.2) is 157 Å². The molecule has 47 heavy (non-hydrogen) atoms. The van der Waals surface area contributed by atoms with Crippen molar-refractivity contribution in [2.24, 2.45) is 0 Å². The lowest BCUT2D eigenvalue weighted by molar-refractivity contribution is 0.607. The third-order valence-corrected chi connectivity index (χ3v) is 11.4. The molecule has 1 heterocycles. The largest absolute Gasteiger partial charge is 0.310 e. The van der Waals surface area contributed by atoms with E-state index in [2.05, 4.69) is 170 Å². The molecule has 1 aromatic heterocycles. The Kier molecular flexibility index (Phi) is 6.55. The van der Waals surface area contributed by atoms with Gasteiger partial charge in [0.1, 0.15) is 0 Å². The number of thiophene rings is 1. The number of benzene rings is 6. The van der Waals surface area contributed by atoms with Crippen LogP contribution in [-0.4, -0.2) is 0 Å². The zero-order valence-corrected chi connectivity index (χ0v) is 27.5. The lowest BCUT2D eigenvalue weighted by Gasteiger charge is -2.29. The van der Waals surface area contributed by atoms with Crippen molar-refractivity contribution in [1.82, 2.24) is 0 Å². The molecule has 226 valence electrons. The van der Waals surface area contributed by atoms with Crippen LogP contribution in [0.3, 0.4) is 0 Å². The molecule has 2 heteroatoms. The lowest BCUT2D eigenvalue weighted by atomic mass is 9.78. The number of nitrogens with zero attached hydrogens (tertiary/aromatic N) is 1. The topological polar surface area (TPSA) is 3.24 Å². The first-order chi connectivity index (χ1) is 23.1. The van der Waals surface area contributed by atoms with Crippen molar-refractivity contribution >= 4 is 54.1 Å². The highest BCUT2D eigenvalue weighted by Gasteiger charge is 2.37. The SMILES string of the molecule is CC1(C)C2=C(C=CCC2)c2ccc(N(c3ccc(-c4ccccc4)cc3)c3ccc(-c4cccc5c4sc4ccccc45)cc3)cc21. The average Bonchev–Trinajstić information content (AvgIpc) is 3.62. The highest BCUT2D eigenvalue weighted by Crippen LogP contribution is 2.52. The Hall–Kier alpha value is -5.18. The van der Waals surface area contributed by atoms with Crippen LogP contribution in [0.2, 0.25) is 0 Å². The van der Waals surface area contributed by atoms with Gasteiger partial charge in [0.15, 0.2) is 0 Å². The third kappa shape index (κ3) is 4.59. The molecule has 7 aromatic rings. The maximum atomic E-state index is 2.44. The van der Waals surface area contributed by atoms with Crippen LogP contribution in [0.5, 0.6) is 0 Å². The Morgan fingerprint density at radius 2 is 1.23 bits per heavy atom. The Morgan fingerprint density at radius 3 is 2.02 bits per heavy atom. The Labute approximate surface area is 280 Å². The van der Waals surface area contributed by atoms with E-state index in [0.29, 0.717) is 0 Å².